The zero-order chi connectivity index (χ0) is 17.8. The van der Waals surface area contributed by atoms with Gasteiger partial charge in [0.2, 0.25) is 5.91 Å². The molecule has 3 atom stereocenters. The molecule has 25 heavy (non-hydrogen) atoms. The van der Waals surface area contributed by atoms with Crippen molar-refractivity contribution in [1.82, 2.24) is 19.8 Å². The molecule has 1 saturated heterocycles. The van der Waals surface area contributed by atoms with E-state index in [0.29, 0.717) is 19.6 Å². The number of ether oxygens (including phenoxy) is 1. The van der Waals surface area contributed by atoms with Crippen LogP contribution in [0.15, 0.2) is 43.0 Å². The fourth-order valence-corrected chi connectivity index (χ4v) is 3.20. The number of rotatable bonds is 5. The molecule has 1 aliphatic rings. The molecule has 1 amide bonds. The Kier molecular flexibility index (Phi) is 5.50. The first-order valence-electron chi connectivity index (χ1n) is 8.78. The number of imidazole rings is 1. The zero-order valence-electron chi connectivity index (χ0n) is 15.1. The molecule has 2 heterocycles. The Morgan fingerprint density at radius 3 is 2.56 bits per heavy atom. The molecule has 1 aliphatic heterocycles. The minimum absolute atomic E-state index is 0.0980. The summed E-state index contributed by atoms with van der Waals surface area (Å²) in [5.41, 5.74) is 2.22. The van der Waals surface area contributed by atoms with E-state index < -0.39 is 0 Å². The van der Waals surface area contributed by atoms with Gasteiger partial charge in [-0.25, -0.2) is 4.98 Å². The second-order valence-corrected chi connectivity index (χ2v) is 6.72. The van der Waals surface area contributed by atoms with Crippen molar-refractivity contribution in [2.24, 2.45) is 0 Å². The number of carbonyl (C=O) groups is 1. The summed E-state index contributed by atoms with van der Waals surface area (Å²) in [7, 11) is 0. The second-order valence-electron chi connectivity index (χ2n) is 6.72. The van der Waals surface area contributed by atoms with Gasteiger partial charge in [0.15, 0.2) is 0 Å². The van der Waals surface area contributed by atoms with E-state index in [-0.39, 0.29) is 24.2 Å². The third kappa shape index (κ3) is 4.46. The van der Waals surface area contributed by atoms with Crippen LogP contribution in [0.4, 0.5) is 0 Å². The smallest absolute Gasteiger partial charge is 0.236 e. The van der Waals surface area contributed by atoms with Gasteiger partial charge in [0.1, 0.15) is 0 Å². The summed E-state index contributed by atoms with van der Waals surface area (Å²) >= 11 is 0. The summed E-state index contributed by atoms with van der Waals surface area (Å²) in [6.45, 7) is 7.76. The second kappa shape index (κ2) is 7.80. The molecule has 0 spiro atoms. The molecule has 1 aromatic carbocycles. The molecule has 0 radical (unpaired) electrons. The maximum absolute atomic E-state index is 12.4. The highest BCUT2D eigenvalue weighted by Crippen LogP contribution is 2.16. The molecule has 1 aromatic heterocycles. The molecule has 1 fully saturated rings. The fourth-order valence-electron chi connectivity index (χ4n) is 3.20. The summed E-state index contributed by atoms with van der Waals surface area (Å²) in [5, 5.41) is 3.33. The topological polar surface area (TPSA) is 59.4 Å². The van der Waals surface area contributed by atoms with Crippen LogP contribution in [0.25, 0.3) is 5.69 Å². The van der Waals surface area contributed by atoms with E-state index in [1.54, 1.807) is 12.5 Å². The van der Waals surface area contributed by atoms with Gasteiger partial charge in [-0.05, 0) is 38.5 Å². The maximum atomic E-state index is 12.4. The average Bonchev–Trinajstić information content (AvgIpc) is 3.13. The maximum Gasteiger partial charge on any atom is 0.236 e. The van der Waals surface area contributed by atoms with Crippen LogP contribution in [0.5, 0.6) is 0 Å². The molecule has 0 aliphatic carbocycles. The van der Waals surface area contributed by atoms with Crippen LogP contribution in [0.1, 0.15) is 32.4 Å². The van der Waals surface area contributed by atoms with Crippen LogP contribution < -0.4 is 5.32 Å². The first-order valence-corrected chi connectivity index (χ1v) is 8.78. The zero-order valence-corrected chi connectivity index (χ0v) is 15.1. The van der Waals surface area contributed by atoms with Crippen LogP contribution in [0, 0.1) is 0 Å². The van der Waals surface area contributed by atoms with Crippen molar-refractivity contribution in [3.63, 3.8) is 0 Å². The van der Waals surface area contributed by atoms with Crippen molar-refractivity contribution in [2.75, 3.05) is 19.6 Å². The van der Waals surface area contributed by atoms with E-state index in [9.17, 15) is 4.79 Å². The minimum atomic E-state index is 0.0980. The first kappa shape index (κ1) is 17.6. The van der Waals surface area contributed by atoms with Gasteiger partial charge < -0.3 is 19.5 Å². The lowest BCUT2D eigenvalue weighted by Crippen LogP contribution is -2.50. The summed E-state index contributed by atoms with van der Waals surface area (Å²) < 4.78 is 7.65. The van der Waals surface area contributed by atoms with Gasteiger partial charge in [0, 0.05) is 37.2 Å². The number of aromatic nitrogens is 2. The Hall–Kier alpha value is -2.18. The fraction of sp³-hybridized carbons (Fsp3) is 0.474. The number of morpholine rings is 1. The minimum Gasteiger partial charge on any atom is -0.372 e. The number of carbonyl (C=O) groups excluding carboxylic acids is 1. The number of hydrogen-bond acceptors (Lipinski definition) is 4. The van der Waals surface area contributed by atoms with Crippen molar-refractivity contribution < 1.29 is 9.53 Å². The standard InChI is InChI=1S/C19H26N4O2/c1-14-11-23(12-15(2)25-14)19(24)10-21-16(3)17-4-6-18(7-5-17)22-9-8-20-13-22/h4-9,13-16,21H,10-12H2,1-3H3/t14-,15+,16-/m0/s1. The molecular formula is C19H26N4O2. The SMILES string of the molecule is C[C@@H]1CN(C(=O)CN[C@@H](C)c2ccc(-n3ccnc3)cc2)C[C@H](C)O1. The van der Waals surface area contributed by atoms with E-state index >= 15 is 0 Å². The van der Waals surface area contributed by atoms with Gasteiger partial charge in [-0.2, -0.15) is 0 Å². The Bertz CT molecular complexity index is 674. The van der Waals surface area contributed by atoms with Crippen molar-refractivity contribution >= 4 is 5.91 Å². The Balaban J connectivity index is 1.53. The molecule has 0 unspecified atom stereocenters. The van der Waals surface area contributed by atoms with E-state index in [1.807, 2.05) is 29.5 Å². The van der Waals surface area contributed by atoms with Crippen molar-refractivity contribution in [3.8, 4) is 5.69 Å². The van der Waals surface area contributed by atoms with Crippen molar-refractivity contribution in [1.29, 1.82) is 0 Å². The van der Waals surface area contributed by atoms with E-state index in [2.05, 4.69) is 41.5 Å². The first-order chi connectivity index (χ1) is 12.0. The highest BCUT2D eigenvalue weighted by atomic mass is 16.5. The number of amides is 1. The van der Waals surface area contributed by atoms with Gasteiger partial charge >= 0.3 is 0 Å². The quantitative estimate of drug-likeness (QED) is 0.905. The van der Waals surface area contributed by atoms with Gasteiger partial charge in [-0.15, -0.1) is 0 Å². The molecule has 3 rings (SSSR count). The average molecular weight is 342 g/mol. The van der Waals surface area contributed by atoms with Crippen LogP contribution in [-0.4, -0.2) is 52.2 Å². The predicted octanol–water partition coefficient (Wildman–Crippen LogP) is 2.16. The van der Waals surface area contributed by atoms with Crippen LogP contribution >= 0.6 is 0 Å². The third-order valence-corrected chi connectivity index (χ3v) is 4.53. The van der Waals surface area contributed by atoms with Gasteiger partial charge in [-0.1, -0.05) is 12.1 Å². The predicted molar refractivity (Wildman–Crippen MR) is 96.6 cm³/mol. The van der Waals surface area contributed by atoms with E-state index in [1.165, 1.54) is 0 Å². The number of benzene rings is 1. The molecule has 134 valence electrons. The number of nitrogens with zero attached hydrogens (tertiary/aromatic N) is 3. The van der Waals surface area contributed by atoms with Gasteiger partial charge in [0.25, 0.3) is 0 Å². The van der Waals surface area contributed by atoms with Crippen molar-refractivity contribution in [3.05, 3.63) is 48.5 Å². The molecule has 2 aromatic rings. The van der Waals surface area contributed by atoms with Crippen LogP contribution in [0.2, 0.25) is 0 Å². The summed E-state index contributed by atoms with van der Waals surface area (Å²) in [6, 6.07) is 8.38. The Morgan fingerprint density at radius 2 is 1.96 bits per heavy atom. The molecular weight excluding hydrogens is 316 g/mol. The number of hydrogen-bond donors (Lipinski definition) is 1. The van der Waals surface area contributed by atoms with Gasteiger partial charge in [-0.3, -0.25) is 4.79 Å². The highest BCUT2D eigenvalue weighted by molar-refractivity contribution is 5.78. The Labute approximate surface area is 148 Å². The van der Waals surface area contributed by atoms with E-state index in [0.717, 1.165) is 11.3 Å². The summed E-state index contributed by atoms with van der Waals surface area (Å²) in [5.74, 6) is 0.129. The molecule has 0 saturated carbocycles. The molecule has 1 N–H and O–H groups in total. The highest BCUT2D eigenvalue weighted by Gasteiger charge is 2.25. The summed E-state index contributed by atoms with van der Waals surface area (Å²) in [4.78, 5) is 18.4. The molecule has 6 nitrogen and oxygen atoms in total. The van der Waals surface area contributed by atoms with Crippen LogP contribution in [-0.2, 0) is 9.53 Å². The van der Waals surface area contributed by atoms with Gasteiger partial charge in [0.05, 0.1) is 25.1 Å². The third-order valence-electron chi connectivity index (χ3n) is 4.53. The lowest BCUT2D eigenvalue weighted by atomic mass is 10.1. The lowest BCUT2D eigenvalue weighted by molar-refractivity contribution is -0.142. The molecule has 6 heteroatoms. The van der Waals surface area contributed by atoms with Crippen molar-refractivity contribution in [2.45, 2.75) is 39.0 Å². The summed E-state index contributed by atoms with van der Waals surface area (Å²) in [6.07, 6.45) is 5.65. The largest absolute Gasteiger partial charge is 0.372 e. The number of nitrogens with one attached hydrogen (secondary N) is 1. The molecule has 0 bridgehead atoms. The monoisotopic (exact) mass is 342 g/mol. The van der Waals surface area contributed by atoms with E-state index in [4.69, 9.17) is 4.74 Å². The Morgan fingerprint density at radius 1 is 1.28 bits per heavy atom. The normalized spacial score (nSPS) is 22.0. The van der Waals surface area contributed by atoms with Crippen LogP contribution in [0.3, 0.4) is 0 Å². The lowest BCUT2D eigenvalue weighted by Gasteiger charge is -2.35.